The number of carboxylic acids is 1. The van der Waals surface area contributed by atoms with Crippen LogP contribution in [0.3, 0.4) is 0 Å². The minimum atomic E-state index is -4.06. The van der Waals surface area contributed by atoms with Gasteiger partial charge in [-0.3, -0.25) is 4.79 Å². The van der Waals surface area contributed by atoms with Gasteiger partial charge in [-0.1, -0.05) is 0 Å². The Hall–Kier alpha value is -1.98. The van der Waals surface area contributed by atoms with Crippen LogP contribution in [0.4, 0.5) is 0 Å². The van der Waals surface area contributed by atoms with Crippen molar-refractivity contribution in [2.75, 3.05) is 7.05 Å². The molecule has 0 aliphatic rings. The Balaban J connectivity index is 3.31. The quantitative estimate of drug-likeness (QED) is 0.826. The van der Waals surface area contributed by atoms with Gasteiger partial charge < -0.3 is 5.11 Å². The highest BCUT2D eigenvalue weighted by Crippen LogP contribution is 2.18. The lowest BCUT2D eigenvalue weighted by molar-refractivity contribution is -0.140. The molecule has 18 heavy (non-hydrogen) atoms. The number of nitriles is 1. The van der Waals surface area contributed by atoms with Crippen LogP contribution in [0, 0.1) is 11.3 Å². The summed E-state index contributed by atoms with van der Waals surface area (Å²) in [5.74, 6) is -1.27. The molecule has 0 bridgehead atoms. The third-order valence-corrected chi connectivity index (χ3v) is 4.40. The topological polar surface area (TPSA) is 111 Å². The van der Waals surface area contributed by atoms with Crippen LogP contribution in [0.2, 0.25) is 0 Å². The van der Waals surface area contributed by atoms with Gasteiger partial charge in [0.2, 0.25) is 10.0 Å². The van der Waals surface area contributed by atoms with Crippen LogP contribution in [0.1, 0.15) is 12.6 Å². The van der Waals surface area contributed by atoms with Gasteiger partial charge in [0.25, 0.3) is 0 Å². The SMILES string of the molecule is CC(C(=O)O)N(C)S(=O)(=O)c1cccnc1C#N. The molecule has 1 aromatic heterocycles. The lowest BCUT2D eigenvalue weighted by Crippen LogP contribution is -2.40. The number of carboxylic acid groups (broad SMARTS) is 1. The minimum Gasteiger partial charge on any atom is -0.480 e. The molecule has 0 aromatic carbocycles. The number of aliphatic carboxylic acids is 1. The summed E-state index contributed by atoms with van der Waals surface area (Å²) >= 11 is 0. The molecule has 8 heteroatoms. The molecule has 1 heterocycles. The van der Waals surface area contributed by atoms with E-state index in [2.05, 4.69) is 4.98 Å². The van der Waals surface area contributed by atoms with Crippen LogP contribution in [0.5, 0.6) is 0 Å². The van der Waals surface area contributed by atoms with Gasteiger partial charge in [0, 0.05) is 13.2 Å². The number of nitrogens with zero attached hydrogens (tertiary/aromatic N) is 3. The summed E-state index contributed by atoms with van der Waals surface area (Å²) in [7, 11) is -2.92. The first-order valence-electron chi connectivity index (χ1n) is 4.88. The smallest absolute Gasteiger partial charge is 0.321 e. The van der Waals surface area contributed by atoms with Crippen molar-refractivity contribution in [1.29, 1.82) is 5.26 Å². The highest BCUT2D eigenvalue weighted by Gasteiger charge is 2.31. The molecule has 0 spiro atoms. The number of hydrogen-bond acceptors (Lipinski definition) is 5. The average Bonchev–Trinajstić information content (AvgIpc) is 2.36. The summed E-state index contributed by atoms with van der Waals surface area (Å²) in [6.07, 6.45) is 1.29. The molecule has 0 fully saturated rings. The maximum Gasteiger partial charge on any atom is 0.321 e. The normalized spacial score (nSPS) is 13.0. The molecular formula is C10H11N3O4S. The van der Waals surface area contributed by atoms with Gasteiger partial charge in [-0.25, -0.2) is 13.4 Å². The predicted molar refractivity (Wildman–Crippen MR) is 61.0 cm³/mol. The number of sulfonamides is 1. The van der Waals surface area contributed by atoms with Crippen molar-refractivity contribution in [2.45, 2.75) is 17.9 Å². The summed E-state index contributed by atoms with van der Waals surface area (Å²) in [5.41, 5.74) is -0.262. The molecule has 0 aliphatic heterocycles. The van der Waals surface area contributed by atoms with E-state index in [4.69, 9.17) is 10.4 Å². The van der Waals surface area contributed by atoms with Crippen LogP contribution >= 0.6 is 0 Å². The molecule has 1 unspecified atom stereocenters. The first-order valence-corrected chi connectivity index (χ1v) is 6.32. The lowest BCUT2D eigenvalue weighted by Gasteiger charge is -2.21. The van der Waals surface area contributed by atoms with E-state index >= 15 is 0 Å². The highest BCUT2D eigenvalue weighted by atomic mass is 32.2. The van der Waals surface area contributed by atoms with Crippen molar-refractivity contribution < 1.29 is 18.3 Å². The number of likely N-dealkylation sites (N-methyl/N-ethyl adjacent to an activating group) is 1. The van der Waals surface area contributed by atoms with E-state index in [1.165, 1.54) is 25.3 Å². The fraction of sp³-hybridized carbons (Fsp3) is 0.300. The van der Waals surface area contributed by atoms with Crippen LogP contribution in [0.15, 0.2) is 23.2 Å². The molecule has 0 radical (unpaired) electrons. The molecule has 7 nitrogen and oxygen atoms in total. The summed E-state index contributed by atoms with van der Waals surface area (Å²) in [6.45, 7) is 1.24. The molecular weight excluding hydrogens is 258 g/mol. The number of rotatable bonds is 4. The van der Waals surface area contributed by atoms with Crippen molar-refractivity contribution in [3.8, 4) is 6.07 Å². The Morgan fingerprint density at radius 1 is 1.61 bits per heavy atom. The first kappa shape index (κ1) is 14.1. The number of pyridine rings is 1. The zero-order valence-corrected chi connectivity index (χ0v) is 10.5. The predicted octanol–water partition coefficient (Wildman–Crippen LogP) is 0.0469. The largest absolute Gasteiger partial charge is 0.480 e. The maximum atomic E-state index is 12.1. The van der Waals surface area contributed by atoms with Crippen molar-refractivity contribution in [1.82, 2.24) is 9.29 Å². The van der Waals surface area contributed by atoms with Crippen LogP contribution < -0.4 is 0 Å². The van der Waals surface area contributed by atoms with Gasteiger partial charge in [0.05, 0.1) is 0 Å². The lowest BCUT2D eigenvalue weighted by atomic mass is 10.4. The summed E-state index contributed by atoms with van der Waals surface area (Å²) in [4.78, 5) is 14.1. The molecule has 0 saturated carbocycles. The van der Waals surface area contributed by atoms with Gasteiger partial charge in [0.1, 0.15) is 17.0 Å². The van der Waals surface area contributed by atoms with E-state index in [1.807, 2.05) is 0 Å². The third-order valence-electron chi connectivity index (χ3n) is 2.44. The van der Waals surface area contributed by atoms with Crippen LogP contribution in [0.25, 0.3) is 0 Å². The van der Waals surface area contributed by atoms with Crippen molar-refractivity contribution in [2.24, 2.45) is 0 Å². The van der Waals surface area contributed by atoms with Crippen LogP contribution in [-0.4, -0.2) is 41.9 Å². The molecule has 0 amide bonds. The highest BCUT2D eigenvalue weighted by molar-refractivity contribution is 7.89. The second kappa shape index (κ2) is 5.12. The van der Waals surface area contributed by atoms with Gasteiger partial charge in [-0.15, -0.1) is 0 Å². The van der Waals surface area contributed by atoms with E-state index in [0.717, 1.165) is 7.05 Å². The Kier molecular flexibility index (Phi) is 4.00. The van der Waals surface area contributed by atoms with Crippen molar-refractivity contribution in [3.05, 3.63) is 24.0 Å². The summed E-state index contributed by atoms with van der Waals surface area (Å²) < 4.78 is 24.9. The molecule has 0 saturated heterocycles. The van der Waals surface area contributed by atoms with Gasteiger partial charge in [-0.2, -0.15) is 9.57 Å². The monoisotopic (exact) mass is 269 g/mol. The minimum absolute atomic E-state index is 0.262. The van der Waals surface area contributed by atoms with Gasteiger partial charge in [-0.05, 0) is 19.1 Å². The van der Waals surface area contributed by atoms with E-state index in [1.54, 1.807) is 6.07 Å². The molecule has 1 rings (SSSR count). The average molecular weight is 269 g/mol. The molecule has 0 aliphatic carbocycles. The molecule has 1 aromatic rings. The van der Waals surface area contributed by atoms with E-state index in [-0.39, 0.29) is 10.6 Å². The first-order chi connectivity index (χ1) is 8.32. The zero-order chi connectivity index (χ0) is 13.9. The van der Waals surface area contributed by atoms with Crippen LogP contribution in [-0.2, 0) is 14.8 Å². The Bertz CT molecular complexity index is 606. The number of carbonyl (C=O) groups is 1. The Morgan fingerprint density at radius 3 is 2.72 bits per heavy atom. The van der Waals surface area contributed by atoms with Crippen molar-refractivity contribution in [3.63, 3.8) is 0 Å². The molecule has 1 N–H and O–H groups in total. The second-order valence-electron chi connectivity index (χ2n) is 3.50. The maximum absolute atomic E-state index is 12.1. The number of aromatic nitrogens is 1. The van der Waals surface area contributed by atoms with Gasteiger partial charge in [0.15, 0.2) is 5.69 Å². The Morgan fingerprint density at radius 2 is 2.22 bits per heavy atom. The molecule has 96 valence electrons. The van der Waals surface area contributed by atoms with E-state index in [9.17, 15) is 13.2 Å². The second-order valence-corrected chi connectivity index (χ2v) is 5.46. The zero-order valence-electron chi connectivity index (χ0n) is 9.73. The van der Waals surface area contributed by atoms with E-state index in [0.29, 0.717) is 4.31 Å². The summed E-state index contributed by atoms with van der Waals surface area (Å²) in [5, 5.41) is 17.6. The number of hydrogen-bond donors (Lipinski definition) is 1. The van der Waals surface area contributed by atoms with E-state index < -0.39 is 22.0 Å². The fourth-order valence-corrected chi connectivity index (χ4v) is 2.61. The standard InChI is InChI=1S/C10H11N3O4S/c1-7(10(14)15)13(2)18(16,17)9-4-3-5-12-8(9)6-11/h3-5,7H,1-2H3,(H,14,15). The summed E-state index contributed by atoms with van der Waals surface area (Å²) in [6, 6.07) is 3.01. The van der Waals surface area contributed by atoms with Crippen molar-refractivity contribution >= 4 is 16.0 Å². The Labute approximate surface area is 104 Å². The fourth-order valence-electron chi connectivity index (χ4n) is 1.20. The third kappa shape index (κ3) is 2.47. The molecule has 1 atom stereocenters. The van der Waals surface area contributed by atoms with Gasteiger partial charge >= 0.3 is 5.97 Å².